The summed E-state index contributed by atoms with van der Waals surface area (Å²) >= 11 is 0. The molecule has 0 aliphatic carbocycles. The molecule has 3 heteroatoms. The van der Waals surface area contributed by atoms with Crippen LogP contribution >= 0.6 is 0 Å². The minimum absolute atomic E-state index is 0.145. The van der Waals surface area contributed by atoms with Gasteiger partial charge in [-0.3, -0.25) is 10.1 Å². The van der Waals surface area contributed by atoms with E-state index in [1.165, 1.54) is 5.57 Å². The number of nitro groups is 1. The van der Waals surface area contributed by atoms with Gasteiger partial charge in [0.25, 0.3) is 5.69 Å². The monoisotopic (exact) mass is 331 g/mol. The first kappa shape index (κ1) is 20.4. The van der Waals surface area contributed by atoms with Gasteiger partial charge >= 0.3 is 0 Å². The fourth-order valence-corrected chi connectivity index (χ4v) is 2.40. The predicted octanol–water partition coefficient (Wildman–Crippen LogP) is 6.88. The van der Waals surface area contributed by atoms with E-state index >= 15 is 0 Å². The Morgan fingerprint density at radius 3 is 2.08 bits per heavy atom. The zero-order valence-corrected chi connectivity index (χ0v) is 16.3. The molecule has 1 unspecified atom stereocenters. The van der Waals surface area contributed by atoms with E-state index in [2.05, 4.69) is 54.5 Å². The molecular weight excluding hydrogens is 298 g/mol. The molecule has 24 heavy (non-hydrogen) atoms. The van der Waals surface area contributed by atoms with Crippen molar-refractivity contribution in [2.45, 2.75) is 67.7 Å². The van der Waals surface area contributed by atoms with E-state index in [0.717, 1.165) is 24.8 Å². The lowest BCUT2D eigenvalue weighted by molar-refractivity contribution is -0.384. The normalized spacial score (nSPS) is 14.5. The Bertz CT molecular complexity index is 571. The third-order valence-electron chi connectivity index (χ3n) is 4.72. The number of benzene rings is 1. The molecule has 0 aromatic heterocycles. The first-order valence-electron chi connectivity index (χ1n) is 8.82. The van der Waals surface area contributed by atoms with Crippen LogP contribution < -0.4 is 0 Å². The highest BCUT2D eigenvalue weighted by molar-refractivity contribution is 5.55. The maximum absolute atomic E-state index is 10.8. The van der Waals surface area contributed by atoms with Crippen LogP contribution in [0.5, 0.6) is 0 Å². The van der Waals surface area contributed by atoms with Crippen molar-refractivity contribution < 1.29 is 4.92 Å². The highest BCUT2D eigenvalue weighted by atomic mass is 16.6. The molecule has 0 fully saturated rings. The van der Waals surface area contributed by atoms with Crippen molar-refractivity contribution in [3.05, 3.63) is 45.5 Å². The van der Waals surface area contributed by atoms with Gasteiger partial charge in [0.2, 0.25) is 0 Å². The van der Waals surface area contributed by atoms with Crippen LogP contribution in [-0.2, 0) is 0 Å². The fourth-order valence-electron chi connectivity index (χ4n) is 2.40. The quantitative estimate of drug-likeness (QED) is 0.421. The lowest BCUT2D eigenvalue weighted by atomic mass is 9.77. The Morgan fingerprint density at radius 2 is 1.67 bits per heavy atom. The van der Waals surface area contributed by atoms with Gasteiger partial charge in [-0.25, -0.2) is 0 Å². The predicted molar refractivity (Wildman–Crippen MR) is 103 cm³/mol. The van der Waals surface area contributed by atoms with Crippen molar-refractivity contribution in [3.8, 4) is 0 Å². The molecule has 0 aliphatic heterocycles. The van der Waals surface area contributed by atoms with E-state index in [1.54, 1.807) is 12.1 Å². The number of nitro benzene ring substituents is 1. The zero-order valence-electron chi connectivity index (χ0n) is 16.3. The molecule has 1 atom stereocenters. The van der Waals surface area contributed by atoms with Gasteiger partial charge in [0.1, 0.15) is 0 Å². The Morgan fingerprint density at radius 1 is 1.12 bits per heavy atom. The number of hydrogen-bond acceptors (Lipinski definition) is 2. The molecule has 0 aliphatic rings. The van der Waals surface area contributed by atoms with Crippen LogP contribution in [0.3, 0.4) is 0 Å². The number of hydrogen-bond donors (Lipinski definition) is 0. The molecule has 0 saturated heterocycles. The van der Waals surface area contributed by atoms with Crippen molar-refractivity contribution in [3.63, 3.8) is 0 Å². The summed E-state index contributed by atoms with van der Waals surface area (Å²) in [6.07, 6.45) is 5.50. The van der Waals surface area contributed by atoms with E-state index in [1.807, 2.05) is 12.1 Å². The molecular formula is C21H33NO2. The standard InChI is InChI=1S/C21H33NO2/c1-16(21(5,6)7)14-18(12-13-20(2,3)4)15-17-8-10-19(11-9-17)22(23)24/h8-11,15-16H,12-14H2,1-7H3. The van der Waals surface area contributed by atoms with Crippen LogP contribution in [0.2, 0.25) is 0 Å². The van der Waals surface area contributed by atoms with Gasteiger partial charge in [-0.1, -0.05) is 60.1 Å². The van der Waals surface area contributed by atoms with E-state index < -0.39 is 0 Å². The highest BCUT2D eigenvalue weighted by Gasteiger charge is 2.22. The van der Waals surface area contributed by atoms with Crippen LogP contribution in [0.1, 0.15) is 73.3 Å². The molecule has 1 aromatic rings. The summed E-state index contributed by atoms with van der Waals surface area (Å²) in [6.45, 7) is 16.0. The van der Waals surface area contributed by atoms with Gasteiger partial charge in [0, 0.05) is 12.1 Å². The molecule has 0 radical (unpaired) electrons. The Labute approximate surface area is 147 Å². The van der Waals surface area contributed by atoms with Crippen molar-refractivity contribution in [1.82, 2.24) is 0 Å². The van der Waals surface area contributed by atoms with Crippen molar-refractivity contribution in [1.29, 1.82) is 0 Å². The molecule has 0 saturated carbocycles. The molecule has 0 N–H and O–H groups in total. The summed E-state index contributed by atoms with van der Waals surface area (Å²) in [6, 6.07) is 6.86. The molecule has 134 valence electrons. The molecule has 0 heterocycles. The summed E-state index contributed by atoms with van der Waals surface area (Å²) in [5, 5.41) is 10.8. The second-order valence-corrected chi connectivity index (χ2v) is 9.18. The third kappa shape index (κ3) is 7.29. The van der Waals surface area contributed by atoms with Gasteiger partial charge in [-0.05, 0) is 53.7 Å². The summed E-state index contributed by atoms with van der Waals surface area (Å²) < 4.78 is 0. The minimum atomic E-state index is -0.352. The Hall–Kier alpha value is -1.64. The van der Waals surface area contributed by atoms with Gasteiger partial charge in [-0.15, -0.1) is 0 Å². The molecule has 0 amide bonds. The Kier molecular flexibility index (Phi) is 6.76. The van der Waals surface area contributed by atoms with E-state index in [9.17, 15) is 10.1 Å². The van der Waals surface area contributed by atoms with Crippen LogP contribution in [0.15, 0.2) is 29.8 Å². The SMILES string of the molecule is CC(CC(=Cc1ccc([N+](=O)[O-])cc1)CCC(C)(C)C)C(C)(C)C. The summed E-state index contributed by atoms with van der Waals surface area (Å²) in [5.74, 6) is 0.585. The minimum Gasteiger partial charge on any atom is -0.258 e. The lowest BCUT2D eigenvalue weighted by Crippen LogP contribution is -2.18. The Balaban J connectivity index is 2.99. The van der Waals surface area contributed by atoms with Gasteiger partial charge in [0.15, 0.2) is 0 Å². The third-order valence-corrected chi connectivity index (χ3v) is 4.72. The maximum atomic E-state index is 10.8. The largest absolute Gasteiger partial charge is 0.269 e. The molecule has 1 aromatic carbocycles. The van der Waals surface area contributed by atoms with Crippen molar-refractivity contribution in [2.75, 3.05) is 0 Å². The second-order valence-electron chi connectivity index (χ2n) is 9.18. The first-order valence-corrected chi connectivity index (χ1v) is 8.82. The molecule has 0 bridgehead atoms. The van der Waals surface area contributed by atoms with Crippen LogP contribution in [0.25, 0.3) is 6.08 Å². The summed E-state index contributed by atoms with van der Waals surface area (Å²) in [4.78, 5) is 10.4. The maximum Gasteiger partial charge on any atom is 0.269 e. The highest BCUT2D eigenvalue weighted by Crippen LogP contribution is 2.34. The topological polar surface area (TPSA) is 43.1 Å². The van der Waals surface area contributed by atoms with E-state index in [4.69, 9.17) is 0 Å². The van der Waals surface area contributed by atoms with Crippen molar-refractivity contribution >= 4 is 11.8 Å². The van der Waals surface area contributed by atoms with Crippen molar-refractivity contribution in [2.24, 2.45) is 16.7 Å². The molecule has 3 nitrogen and oxygen atoms in total. The van der Waals surface area contributed by atoms with Gasteiger partial charge < -0.3 is 0 Å². The summed E-state index contributed by atoms with van der Waals surface area (Å²) in [5.41, 5.74) is 3.20. The number of non-ortho nitro benzene ring substituents is 1. The molecule has 0 spiro atoms. The number of nitrogens with zero attached hydrogens (tertiary/aromatic N) is 1. The zero-order chi connectivity index (χ0) is 18.5. The van der Waals surface area contributed by atoms with Crippen LogP contribution in [0.4, 0.5) is 5.69 Å². The molecule has 1 rings (SSSR count). The smallest absolute Gasteiger partial charge is 0.258 e. The number of allylic oxidation sites excluding steroid dienone is 1. The lowest BCUT2D eigenvalue weighted by Gasteiger charge is -2.29. The van der Waals surface area contributed by atoms with E-state index in [-0.39, 0.29) is 16.0 Å². The van der Waals surface area contributed by atoms with Gasteiger partial charge in [0.05, 0.1) is 4.92 Å². The van der Waals surface area contributed by atoms with Gasteiger partial charge in [-0.2, -0.15) is 0 Å². The summed E-state index contributed by atoms with van der Waals surface area (Å²) in [7, 11) is 0. The van der Waals surface area contributed by atoms with Crippen LogP contribution in [-0.4, -0.2) is 4.92 Å². The average molecular weight is 332 g/mol. The van der Waals surface area contributed by atoms with E-state index in [0.29, 0.717) is 11.3 Å². The first-order chi connectivity index (χ1) is 10.9. The second kappa shape index (κ2) is 7.96. The van der Waals surface area contributed by atoms with Crippen LogP contribution in [0, 0.1) is 26.9 Å². The number of rotatable bonds is 6. The fraction of sp³-hybridized carbons (Fsp3) is 0.619. The average Bonchev–Trinajstić information content (AvgIpc) is 2.43.